The largest absolute Gasteiger partial charge is 0.354 e. The van der Waals surface area contributed by atoms with Crippen LogP contribution in [0.2, 0.25) is 5.02 Å². The van der Waals surface area contributed by atoms with Crippen LogP contribution in [0.25, 0.3) is 0 Å². The van der Waals surface area contributed by atoms with Crippen LogP contribution in [0.1, 0.15) is 36.1 Å². The van der Waals surface area contributed by atoms with E-state index in [1.54, 1.807) is 43.3 Å². The highest BCUT2D eigenvalue weighted by molar-refractivity contribution is 7.92. The van der Waals surface area contributed by atoms with Gasteiger partial charge in [-0.05, 0) is 60.7 Å². The van der Waals surface area contributed by atoms with E-state index in [-0.39, 0.29) is 29.7 Å². The molecule has 4 rings (SSSR count). The van der Waals surface area contributed by atoms with Crippen LogP contribution in [0.3, 0.4) is 0 Å². The molecule has 4 aromatic carbocycles. The summed E-state index contributed by atoms with van der Waals surface area (Å²) < 4.78 is 29.4. The van der Waals surface area contributed by atoms with Gasteiger partial charge in [0.1, 0.15) is 12.6 Å². The van der Waals surface area contributed by atoms with Crippen molar-refractivity contribution < 1.29 is 18.0 Å². The molecule has 0 saturated carbocycles. The molecule has 1 N–H and O–H groups in total. The van der Waals surface area contributed by atoms with Crippen LogP contribution in [0.15, 0.2) is 108 Å². The van der Waals surface area contributed by atoms with E-state index in [2.05, 4.69) is 5.32 Å². The first-order valence-corrected chi connectivity index (χ1v) is 16.8. The van der Waals surface area contributed by atoms with Gasteiger partial charge in [-0.25, -0.2) is 8.42 Å². The monoisotopic (exact) mass is 645 g/mol. The van der Waals surface area contributed by atoms with Crippen molar-refractivity contribution in [3.05, 3.63) is 130 Å². The highest BCUT2D eigenvalue weighted by atomic mass is 35.5. The highest BCUT2D eigenvalue weighted by Crippen LogP contribution is 2.30. The molecule has 0 spiro atoms. The molecule has 4 aromatic rings. The Bertz CT molecular complexity index is 1700. The Hall–Kier alpha value is -4.14. The molecule has 0 fully saturated rings. The van der Waals surface area contributed by atoms with Crippen LogP contribution in [0.4, 0.5) is 5.69 Å². The lowest BCUT2D eigenvalue weighted by molar-refractivity contribution is -0.140. The average Bonchev–Trinajstić information content (AvgIpc) is 3.03. The zero-order valence-corrected chi connectivity index (χ0v) is 27.7. The third-order valence-electron chi connectivity index (χ3n) is 7.48. The maximum Gasteiger partial charge on any atom is 0.264 e. The second-order valence-electron chi connectivity index (χ2n) is 11.6. The minimum absolute atomic E-state index is 0.0396. The first-order valence-electron chi connectivity index (χ1n) is 15.0. The molecule has 7 nitrogen and oxygen atoms in total. The molecule has 0 bridgehead atoms. The number of hydrogen-bond donors (Lipinski definition) is 1. The van der Waals surface area contributed by atoms with Crippen molar-refractivity contribution in [2.45, 2.75) is 51.6 Å². The van der Waals surface area contributed by atoms with Crippen molar-refractivity contribution in [1.82, 2.24) is 10.2 Å². The van der Waals surface area contributed by atoms with Gasteiger partial charge in [0.05, 0.1) is 10.6 Å². The van der Waals surface area contributed by atoms with E-state index < -0.39 is 28.5 Å². The van der Waals surface area contributed by atoms with Gasteiger partial charge >= 0.3 is 0 Å². The van der Waals surface area contributed by atoms with Crippen molar-refractivity contribution in [2.24, 2.45) is 5.92 Å². The van der Waals surface area contributed by atoms with Crippen LogP contribution in [0.5, 0.6) is 0 Å². The maximum atomic E-state index is 14.6. The first-order chi connectivity index (χ1) is 21.5. The molecule has 9 heteroatoms. The zero-order valence-electron chi connectivity index (χ0n) is 26.1. The summed E-state index contributed by atoms with van der Waals surface area (Å²) >= 11 is 6.35. The van der Waals surface area contributed by atoms with Crippen LogP contribution in [-0.4, -0.2) is 44.3 Å². The smallest absolute Gasteiger partial charge is 0.264 e. The number of rotatable bonds is 13. The van der Waals surface area contributed by atoms with E-state index in [0.29, 0.717) is 22.8 Å². The summed E-state index contributed by atoms with van der Waals surface area (Å²) in [6.45, 7) is 7.76. The minimum atomic E-state index is -4.20. The standard InChI is InChI=1S/C36H40ClN3O4S/c1-26(2)23-38-36(42)34(21-29-11-7-5-8-12-29)39(24-30-18-15-27(3)16-19-30)35(41)25-40(33-22-31(37)20-17-28(33)4)45(43,44)32-13-9-6-10-14-32/h5-20,22,26,34H,21,23-25H2,1-4H3,(H,38,42)/t34-/m0/s1. The van der Waals surface area contributed by atoms with Gasteiger partial charge in [-0.1, -0.05) is 110 Å². The number of halogens is 1. The number of sulfonamides is 1. The SMILES string of the molecule is Cc1ccc(CN(C(=O)CN(c2cc(Cl)ccc2C)S(=O)(=O)c2ccccc2)[C@@H](Cc2ccccc2)C(=O)NCC(C)C)cc1. The van der Waals surface area contributed by atoms with Gasteiger partial charge < -0.3 is 10.2 Å². The molecular weight excluding hydrogens is 606 g/mol. The van der Waals surface area contributed by atoms with Crippen molar-refractivity contribution in [1.29, 1.82) is 0 Å². The summed E-state index contributed by atoms with van der Waals surface area (Å²) in [6.07, 6.45) is 0.254. The molecule has 1 atom stereocenters. The Morgan fingerprint density at radius 2 is 1.44 bits per heavy atom. The summed E-state index contributed by atoms with van der Waals surface area (Å²) in [4.78, 5) is 30.0. The number of benzene rings is 4. The lowest BCUT2D eigenvalue weighted by Gasteiger charge is -2.34. The van der Waals surface area contributed by atoms with Crippen molar-refractivity contribution in [3.8, 4) is 0 Å². The van der Waals surface area contributed by atoms with Crippen LogP contribution < -0.4 is 9.62 Å². The predicted molar refractivity (Wildman–Crippen MR) is 181 cm³/mol. The minimum Gasteiger partial charge on any atom is -0.354 e. The normalized spacial score (nSPS) is 12.0. The van der Waals surface area contributed by atoms with E-state index in [0.717, 1.165) is 21.0 Å². The molecule has 0 saturated heterocycles. The van der Waals surface area contributed by atoms with Gasteiger partial charge in [0.2, 0.25) is 11.8 Å². The first kappa shape index (κ1) is 33.7. The van der Waals surface area contributed by atoms with E-state index in [1.807, 2.05) is 75.4 Å². The lowest BCUT2D eigenvalue weighted by atomic mass is 10.0. The quantitative estimate of drug-likeness (QED) is 0.178. The summed E-state index contributed by atoms with van der Waals surface area (Å²) in [5.41, 5.74) is 3.68. The zero-order chi connectivity index (χ0) is 32.6. The third kappa shape index (κ3) is 8.96. The fourth-order valence-corrected chi connectivity index (χ4v) is 6.61. The number of hydrogen-bond acceptors (Lipinski definition) is 4. The Morgan fingerprint density at radius 3 is 2.07 bits per heavy atom. The summed E-state index contributed by atoms with van der Waals surface area (Å²) in [5.74, 6) is -0.621. The molecule has 0 aliphatic rings. The Balaban J connectivity index is 1.82. The second-order valence-corrected chi connectivity index (χ2v) is 13.9. The predicted octanol–water partition coefficient (Wildman–Crippen LogP) is 6.56. The topological polar surface area (TPSA) is 86.8 Å². The van der Waals surface area contributed by atoms with Gasteiger partial charge in [-0.2, -0.15) is 0 Å². The highest BCUT2D eigenvalue weighted by Gasteiger charge is 2.35. The van der Waals surface area contributed by atoms with Crippen molar-refractivity contribution in [3.63, 3.8) is 0 Å². The molecule has 0 unspecified atom stereocenters. The van der Waals surface area contributed by atoms with E-state index in [1.165, 1.54) is 17.0 Å². The lowest BCUT2D eigenvalue weighted by Crippen LogP contribution is -2.53. The summed E-state index contributed by atoms with van der Waals surface area (Å²) in [6, 6.07) is 29.3. The Morgan fingerprint density at radius 1 is 0.822 bits per heavy atom. The molecule has 0 radical (unpaired) electrons. The van der Waals surface area contributed by atoms with E-state index in [9.17, 15) is 18.0 Å². The number of carbonyl (C=O) groups excluding carboxylic acids is 2. The number of nitrogens with one attached hydrogen (secondary N) is 1. The number of nitrogens with zero attached hydrogens (tertiary/aromatic N) is 2. The maximum absolute atomic E-state index is 14.6. The molecule has 45 heavy (non-hydrogen) atoms. The number of amides is 2. The Kier molecular flexibility index (Phi) is 11.4. The molecule has 2 amide bonds. The van der Waals surface area contributed by atoms with E-state index >= 15 is 0 Å². The molecule has 236 valence electrons. The summed E-state index contributed by atoms with van der Waals surface area (Å²) in [7, 11) is -4.20. The number of carbonyl (C=O) groups is 2. The third-order valence-corrected chi connectivity index (χ3v) is 9.49. The van der Waals surface area contributed by atoms with Crippen molar-refractivity contribution >= 4 is 39.1 Å². The van der Waals surface area contributed by atoms with E-state index in [4.69, 9.17) is 11.6 Å². The van der Waals surface area contributed by atoms with Gasteiger partial charge in [-0.15, -0.1) is 0 Å². The number of aryl methyl sites for hydroxylation is 2. The fraction of sp³-hybridized carbons (Fsp3) is 0.278. The summed E-state index contributed by atoms with van der Waals surface area (Å²) in [5, 5.41) is 3.34. The van der Waals surface area contributed by atoms with Gasteiger partial charge in [0, 0.05) is 24.5 Å². The van der Waals surface area contributed by atoms with Crippen molar-refractivity contribution in [2.75, 3.05) is 17.4 Å². The van der Waals surface area contributed by atoms with Gasteiger partial charge in [0.25, 0.3) is 10.0 Å². The van der Waals surface area contributed by atoms with Gasteiger partial charge in [-0.3, -0.25) is 13.9 Å². The number of anilines is 1. The van der Waals surface area contributed by atoms with Gasteiger partial charge in [0.15, 0.2) is 0 Å². The molecule has 0 heterocycles. The van der Waals surface area contributed by atoms with Crippen LogP contribution in [-0.2, 0) is 32.6 Å². The Labute approximate surface area is 271 Å². The molecular formula is C36H40ClN3O4S. The molecule has 0 aliphatic heterocycles. The fourth-order valence-electron chi connectivity index (χ4n) is 4.95. The van der Waals surface area contributed by atoms with Crippen LogP contribution in [0, 0.1) is 19.8 Å². The van der Waals surface area contributed by atoms with Crippen LogP contribution >= 0.6 is 11.6 Å². The molecule has 0 aliphatic carbocycles. The second kappa shape index (κ2) is 15.2. The molecule has 0 aromatic heterocycles. The average molecular weight is 646 g/mol.